The lowest BCUT2D eigenvalue weighted by molar-refractivity contribution is 0.418. The molecule has 0 fully saturated rings. The van der Waals surface area contributed by atoms with Gasteiger partial charge in [-0.3, -0.25) is 0 Å². The predicted molar refractivity (Wildman–Crippen MR) is 75.4 cm³/mol. The Morgan fingerprint density at radius 3 is 3.06 bits per heavy atom. The van der Waals surface area contributed by atoms with Crippen molar-refractivity contribution in [1.82, 2.24) is 9.97 Å². The molecule has 0 unspecified atom stereocenters. The third-order valence-corrected chi connectivity index (χ3v) is 3.77. The first kappa shape index (κ1) is 11.4. The number of benzene rings is 1. The molecule has 0 aliphatic rings. The van der Waals surface area contributed by atoms with Crippen molar-refractivity contribution in [2.24, 2.45) is 0 Å². The number of nitrogens with zero attached hydrogens (tertiary/aromatic N) is 1. The van der Waals surface area contributed by atoms with E-state index in [9.17, 15) is 0 Å². The summed E-state index contributed by atoms with van der Waals surface area (Å²) in [6.07, 6.45) is 0. The smallest absolute Gasteiger partial charge is 0.152 e. The molecule has 2 aromatic heterocycles. The van der Waals surface area contributed by atoms with E-state index in [0.29, 0.717) is 10.7 Å². The number of ether oxygens (including phenoxy) is 1. The maximum absolute atomic E-state index is 5.97. The molecule has 0 aliphatic carbocycles. The number of fused-ring (bicyclic) bond motifs is 1. The number of anilines is 1. The van der Waals surface area contributed by atoms with Crippen molar-refractivity contribution < 1.29 is 4.74 Å². The Morgan fingerprint density at radius 1 is 1.44 bits per heavy atom. The van der Waals surface area contributed by atoms with Crippen molar-refractivity contribution in [3.05, 3.63) is 28.6 Å². The van der Waals surface area contributed by atoms with Gasteiger partial charge in [0, 0.05) is 5.02 Å². The van der Waals surface area contributed by atoms with Crippen LogP contribution in [-0.4, -0.2) is 17.1 Å². The molecule has 0 spiro atoms. The molecule has 0 saturated heterocycles. The minimum absolute atomic E-state index is 0.565. The number of nitrogen functional groups attached to an aromatic ring is 1. The van der Waals surface area contributed by atoms with Gasteiger partial charge in [0.15, 0.2) is 5.82 Å². The number of nitrogens with one attached hydrogen (secondary N) is 1. The van der Waals surface area contributed by atoms with Crippen molar-refractivity contribution in [1.29, 1.82) is 0 Å². The van der Waals surface area contributed by atoms with E-state index in [0.717, 1.165) is 27.5 Å². The highest BCUT2D eigenvalue weighted by molar-refractivity contribution is 7.13. The number of halogens is 1. The molecule has 1 aromatic carbocycles. The van der Waals surface area contributed by atoms with Crippen LogP contribution in [0.2, 0.25) is 5.02 Å². The van der Waals surface area contributed by atoms with Gasteiger partial charge in [-0.15, -0.1) is 11.3 Å². The van der Waals surface area contributed by atoms with Crippen molar-refractivity contribution >= 4 is 39.7 Å². The van der Waals surface area contributed by atoms with Crippen LogP contribution < -0.4 is 10.5 Å². The lowest BCUT2D eigenvalue weighted by Gasteiger charge is -1.97. The summed E-state index contributed by atoms with van der Waals surface area (Å²) in [6, 6.07) is 5.41. The van der Waals surface area contributed by atoms with Gasteiger partial charge >= 0.3 is 0 Å². The maximum Gasteiger partial charge on any atom is 0.152 e. The number of H-pyrrole nitrogens is 1. The molecular formula is C12H10ClN3OS. The largest absolute Gasteiger partial charge is 0.495 e. The number of aromatic nitrogens is 2. The van der Waals surface area contributed by atoms with Gasteiger partial charge in [-0.1, -0.05) is 11.6 Å². The molecule has 92 valence electrons. The van der Waals surface area contributed by atoms with Crippen molar-refractivity contribution in [3.63, 3.8) is 0 Å². The van der Waals surface area contributed by atoms with E-state index in [4.69, 9.17) is 22.1 Å². The monoisotopic (exact) mass is 279 g/mol. The fraction of sp³-hybridized carbons (Fsp3) is 0.0833. The first-order valence-corrected chi connectivity index (χ1v) is 6.51. The van der Waals surface area contributed by atoms with Gasteiger partial charge in [0.25, 0.3) is 0 Å². The number of thiophene rings is 1. The number of imidazole rings is 1. The molecule has 0 amide bonds. The summed E-state index contributed by atoms with van der Waals surface area (Å²) in [5, 5.41) is 2.55. The summed E-state index contributed by atoms with van der Waals surface area (Å²) < 4.78 is 5.28. The van der Waals surface area contributed by atoms with Crippen LogP contribution in [0.15, 0.2) is 23.6 Å². The summed E-state index contributed by atoms with van der Waals surface area (Å²) >= 11 is 7.53. The SMILES string of the molecule is COc1ccsc1-c1nc2c(N)cc(Cl)cc2[nH]1. The lowest BCUT2D eigenvalue weighted by Crippen LogP contribution is -1.86. The normalized spacial score (nSPS) is 11.0. The molecule has 3 N–H and O–H groups in total. The summed E-state index contributed by atoms with van der Waals surface area (Å²) in [5.41, 5.74) is 8.02. The van der Waals surface area contributed by atoms with Crippen molar-refractivity contribution in [2.75, 3.05) is 12.8 Å². The highest BCUT2D eigenvalue weighted by Gasteiger charge is 2.13. The average molecular weight is 280 g/mol. The minimum Gasteiger partial charge on any atom is -0.495 e. The third kappa shape index (κ3) is 1.72. The summed E-state index contributed by atoms with van der Waals surface area (Å²) in [4.78, 5) is 8.65. The van der Waals surface area contributed by atoms with E-state index < -0.39 is 0 Å². The van der Waals surface area contributed by atoms with Gasteiger partial charge in [-0.25, -0.2) is 4.98 Å². The topological polar surface area (TPSA) is 63.9 Å². The van der Waals surface area contributed by atoms with Gasteiger partial charge in [0.2, 0.25) is 0 Å². The molecular weight excluding hydrogens is 270 g/mol. The fourth-order valence-corrected chi connectivity index (χ4v) is 2.88. The Bertz CT molecular complexity index is 719. The number of rotatable bonds is 2. The second-order valence-electron chi connectivity index (χ2n) is 3.79. The van der Waals surface area contributed by atoms with Gasteiger partial charge in [-0.05, 0) is 23.6 Å². The first-order valence-electron chi connectivity index (χ1n) is 5.25. The Balaban J connectivity index is 2.22. The average Bonchev–Trinajstić information content (AvgIpc) is 2.92. The Labute approximate surface area is 112 Å². The minimum atomic E-state index is 0.565. The van der Waals surface area contributed by atoms with Gasteiger partial charge in [-0.2, -0.15) is 0 Å². The predicted octanol–water partition coefficient (Wildman–Crippen LogP) is 3.54. The number of hydrogen-bond donors (Lipinski definition) is 2. The molecule has 0 atom stereocenters. The van der Waals surface area contributed by atoms with E-state index in [2.05, 4.69) is 9.97 Å². The summed E-state index contributed by atoms with van der Waals surface area (Å²) in [7, 11) is 1.64. The molecule has 0 saturated carbocycles. The van der Waals surface area contributed by atoms with Crippen LogP contribution in [0.3, 0.4) is 0 Å². The molecule has 3 rings (SSSR count). The van der Waals surface area contributed by atoms with Crippen molar-refractivity contribution in [2.45, 2.75) is 0 Å². The first-order chi connectivity index (χ1) is 8.69. The standard InChI is InChI=1S/C12H10ClN3OS/c1-17-9-2-3-18-11(9)12-15-8-5-6(13)4-7(14)10(8)16-12/h2-5H,14H2,1H3,(H,15,16). The quantitative estimate of drug-likeness (QED) is 0.705. The zero-order valence-electron chi connectivity index (χ0n) is 9.53. The van der Waals surface area contributed by atoms with Crippen LogP contribution in [-0.2, 0) is 0 Å². The molecule has 0 bridgehead atoms. The van der Waals surface area contributed by atoms with E-state index in [1.807, 2.05) is 17.5 Å². The molecule has 18 heavy (non-hydrogen) atoms. The van der Waals surface area contributed by atoms with Crippen LogP contribution in [0.4, 0.5) is 5.69 Å². The van der Waals surface area contributed by atoms with Crippen LogP contribution in [0.5, 0.6) is 5.75 Å². The summed E-state index contributed by atoms with van der Waals surface area (Å²) in [5.74, 6) is 1.54. The highest BCUT2D eigenvalue weighted by atomic mass is 35.5. The second-order valence-corrected chi connectivity index (χ2v) is 5.15. The van der Waals surface area contributed by atoms with E-state index in [1.54, 1.807) is 24.5 Å². The number of hydrogen-bond acceptors (Lipinski definition) is 4. The van der Waals surface area contributed by atoms with Gasteiger partial charge < -0.3 is 15.5 Å². The Morgan fingerprint density at radius 2 is 2.28 bits per heavy atom. The molecule has 4 nitrogen and oxygen atoms in total. The zero-order chi connectivity index (χ0) is 12.7. The van der Waals surface area contributed by atoms with Crippen molar-refractivity contribution in [3.8, 4) is 16.5 Å². The van der Waals surface area contributed by atoms with Gasteiger partial charge in [0.1, 0.15) is 16.1 Å². The zero-order valence-corrected chi connectivity index (χ0v) is 11.1. The summed E-state index contributed by atoms with van der Waals surface area (Å²) in [6.45, 7) is 0. The number of nitrogens with two attached hydrogens (primary N) is 1. The fourth-order valence-electron chi connectivity index (χ4n) is 1.85. The highest BCUT2D eigenvalue weighted by Crippen LogP contribution is 2.35. The van der Waals surface area contributed by atoms with Crippen LogP contribution in [0.1, 0.15) is 0 Å². The Kier molecular flexibility index (Phi) is 2.65. The number of aromatic amines is 1. The molecule has 3 aromatic rings. The maximum atomic E-state index is 5.97. The van der Waals surface area contributed by atoms with E-state index >= 15 is 0 Å². The lowest BCUT2D eigenvalue weighted by atomic mass is 10.3. The molecule has 0 aliphatic heterocycles. The third-order valence-electron chi connectivity index (χ3n) is 2.64. The van der Waals surface area contributed by atoms with Crippen LogP contribution in [0.25, 0.3) is 21.7 Å². The molecule has 0 radical (unpaired) electrons. The Hall–Kier alpha value is -1.72. The number of methoxy groups -OCH3 is 1. The molecule has 2 heterocycles. The second kappa shape index (κ2) is 4.19. The molecule has 6 heteroatoms. The van der Waals surface area contributed by atoms with Gasteiger partial charge in [0.05, 0.1) is 18.3 Å². The van der Waals surface area contributed by atoms with Crippen LogP contribution >= 0.6 is 22.9 Å². The van der Waals surface area contributed by atoms with E-state index in [-0.39, 0.29) is 0 Å². The van der Waals surface area contributed by atoms with Crippen LogP contribution in [0, 0.1) is 0 Å². The van der Waals surface area contributed by atoms with E-state index in [1.165, 1.54) is 0 Å².